The number of halogens is 1. The van der Waals surface area contributed by atoms with E-state index in [1.807, 2.05) is 0 Å². The highest BCUT2D eigenvalue weighted by molar-refractivity contribution is 9.09. The first-order valence-electron chi connectivity index (χ1n) is 6.43. The molecule has 0 aromatic heterocycles. The maximum absolute atomic E-state index is 3.80. The van der Waals surface area contributed by atoms with Crippen LogP contribution >= 0.6 is 15.9 Å². The van der Waals surface area contributed by atoms with Gasteiger partial charge in [-0.1, -0.05) is 81.7 Å². The molecule has 0 aliphatic rings. The molecule has 1 aromatic rings. The Morgan fingerprint density at radius 2 is 1.47 bits per heavy atom. The highest BCUT2D eigenvalue weighted by Crippen LogP contribution is 2.40. The smallest absolute Gasteiger partial charge is 0.0443 e. The number of hydrogen-bond donors (Lipinski definition) is 0. The molecule has 1 heteroatoms. The summed E-state index contributed by atoms with van der Waals surface area (Å²) in [7, 11) is 0. The monoisotopic (exact) mass is 296 g/mol. The van der Waals surface area contributed by atoms with Crippen LogP contribution in [0.25, 0.3) is 0 Å². The van der Waals surface area contributed by atoms with Crippen molar-refractivity contribution in [3.8, 4) is 0 Å². The van der Waals surface area contributed by atoms with E-state index in [2.05, 4.69) is 81.7 Å². The Labute approximate surface area is 115 Å². The summed E-state index contributed by atoms with van der Waals surface area (Å²) >= 11 is 3.80. The van der Waals surface area contributed by atoms with E-state index < -0.39 is 0 Å². The Morgan fingerprint density at radius 3 is 1.82 bits per heavy atom. The van der Waals surface area contributed by atoms with E-state index in [-0.39, 0.29) is 10.8 Å². The molecule has 0 saturated heterocycles. The quantitative estimate of drug-likeness (QED) is 0.613. The van der Waals surface area contributed by atoms with Gasteiger partial charge >= 0.3 is 0 Å². The SMILES string of the molecule is CCC(C)(C)c1ccc(C(Br)C(C)(C)C)cc1. The van der Waals surface area contributed by atoms with Crippen LogP contribution in [0, 0.1) is 5.41 Å². The zero-order valence-electron chi connectivity index (χ0n) is 12.0. The molecular formula is C16H25Br. The van der Waals surface area contributed by atoms with Crippen LogP contribution in [-0.4, -0.2) is 0 Å². The van der Waals surface area contributed by atoms with Crippen LogP contribution in [-0.2, 0) is 5.41 Å². The molecule has 0 bridgehead atoms. The van der Waals surface area contributed by atoms with Gasteiger partial charge in [-0.3, -0.25) is 0 Å². The standard InChI is InChI=1S/C16H25Br/c1-7-16(5,6)13-10-8-12(9-11-13)14(17)15(2,3)4/h8-11,14H,7H2,1-6H3. The van der Waals surface area contributed by atoms with E-state index in [0.29, 0.717) is 4.83 Å². The molecule has 0 saturated carbocycles. The lowest BCUT2D eigenvalue weighted by atomic mass is 9.81. The second-order valence-electron chi connectivity index (χ2n) is 6.59. The molecule has 0 spiro atoms. The molecule has 0 aliphatic carbocycles. The van der Waals surface area contributed by atoms with Crippen molar-refractivity contribution < 1.29 is 0 Å². The minimum atomic E-state index is 0.252. The Hall–Kier alpha value is -0.300. The van der Waals surface area contributed by atoms with Gasteiger partial charge in [0.05, 0.1) is 0 Å². The molecule has 0 nitrogen and oxygen atoms in total. The van der Waals surface area contributed by atoms with E-state index in [0.717, 1.165) is 0 Å². The van der Waals surface area contributed by atoms with Gasteiger partial charge in [-0.05, 0) is 28.4 Å². The number of rotatable bonds is 3. The predicted octanol–water partition coefficient (Wildman–Crippen LogP) is 5.86. The molecule has 1 unspecified atom stereocenters. The lowest BCUT2D eigenvalue weighted by molar-refractivity contribution is 0.407. The molecule has 0 aliphatic heterocycles. The van der Waals surface area contributed by atoms with Gasteiger partial charge in [0.25, 0.3) is 0 Å². The lowest BCUT2D eigenvalue weighted by Crippen LogP contribution is -2.16. The molecule has 17 heavy (non-hydrogen) atoms. The van der Waals surface area contributed by atoms with Crippen molar-refractivity contribution in [3.63, 3.8) is 0 Å². The van der Waals surface area contributed by atoms with Gasteiger partial charge in [-0.15, -0.1) is 0 Å². The van der Waals surface area contributed by atoms with E-state index in [9.17, 15) is 0 Å². The summed E-state index contributed by atoms with van der Waals surface area (Å²) in [6.45, 7) is 13.6. The molecule has 1 rings (SSSR count). The fourth-order valence-electron chi connectivity index (χ4n) is 1.81. The molecule has 0 N–H and O–H groups in total. The van der Waals surface area contributed by atoms with E-state index in [1.165, 1.54) is 17.5 Å². The van der Waals surface area contributed by atoms with Crippen molar-refractivity contribution >= 4 is 15.9 Å². The first-order chi connectivity index (χ1) is 7.68. The predicted molar refractivity (Wildman–Crippen MR) is 80.9 cm³/mol. The highest BCUT2D eigenvalue weighted by atomic mass is 79.9. The summed E-state index contributed by atoms with van der Waals surface area (Å²) in [5, 5.41) is 0. The van der Waals surface area contributed by atoms with Crippen LogP contribution in [0.2, 0.25) is 0 Å². The van der Waals surface area contributed by atoms with Crippen molar-refractivity contribution in [2.75, 3.05) is 0 Å². The average Bonchev–Trinajstić information content (AvgIpc) is 2.27. The minimum Gasteiger partial charge on any atom is -0.0833 e. The summed E-state index contributed by atoms with van der Waals surface area (Å²) in [5.74, 6) is 0. The van der Waals surface area contributed by atoms with Crippen molar-refractivity contribution in [1.82, 2.24) is 0 Å². The fraction of sp³-hybridized carbons (Fsp3) is 0.625. The van der Waals surface area contributed by atoms with E-state index in [1.54, 1.807) is 0 Å². The van der Waals surface area contributed by atoms with Crippen molar-refractivity contribution in [2.24, 2.45) is 5.41 Å². The van der Waals surface area contributed by atoms with Crippen LogP contribution in [0.5, 0.6) is 0 Å². The Morgan fingerprint density at radius 1 is 1.00 bits per heavy atom. The van der Waals surface area contributed by atoms with Gasteiger partial charge < -0.3 is 0 Å². The van der Waals surface area contributed by atoms with Gasteiger partial charge in [0.1, 0.15) is 0 Å². The molecule has 0 radical (unpaired) electrons. The molecule has 1 atom stereocenters. The summed E-state index contributed by atoms with van der Waals surface area (Å²) < 4.78 is 0. The number of benzene rings is 1. The zero-order valence-corrected chi connectivity index (χ0v) is 13.6. The number of alkyl halides is 1. The maximum atomic E-state index is 3.80. The largest absolute Gasteiger partial charge is 0.0833 e. The molecule has 96 valence electrons. The molecule has 1 aromatic carbocycles. The number of hydrogen-bond acceptors (Lipinski definition) is 0. The van der Waals surface area contributed by atoms with Gasteiger partial charge in [-0.2, -0.15) is 0 Å². The van der Waals surface area contributed by atoms with Crippen LogP contribution in [0.15, 0.2) is 24.3 Å². The molecule has 0 fully saturated rings. The minimum absolute atomic E-state index is 0.252. The third-order valence-corrected chi connectivity index (χ3v) is 5.53. The molecule has 0 heterocycles. The average molecular weight is 297 g/mol. The summed E-state index contributed by atoms with van der Waals surface area (Å²) in [4.78, 5) is 0.411. The van der Waals surface area contributed by atoms with Gasteiger partial charge in [-0.25, -0.2) is 0 Å². The normalized spacial score (nSPS) is 14.8. The lowest BCUT2D eigenvalue weighted by Gasteiger charge is -2.27. The molecule has 0 amide bonds. The van der Waals surface area contributed by atoms with E-state index in [4.69, 9.17) is 0 Å². The summed E-state index contributed by atoms with van der Waals surface area (Å²) in [5.41, 5.74) is 3.33. The van der Waals surface area contributed by atoms with Gasteiger partial charge in [0.2, 0.25) is 0 Å². The van der Waals surface area contributed by atoms with Crippen molar-refractivity contribution in [3.05, 3.63) is 35.4 Å². The second kappa shape index (κ2) is 5.14. The third kappa shape index (κ3) is 3.58. The maximum Gasteiger partial charge on any atom is 0.0443 e. The Bertz CT molecular complexity index is 354. The summed E-state index contributed by atoms with van der Waals surface area (Å²) in [6.07, 6.45) is 1.17. The van der Waals surface area contributed by atoms with Gasteiger partial charge in [0.15, 0.2) is 0 Å². The first-order valence-corrected chi connectivity index (χ1v) is 7.34. The fourth-order valence-corrected chi connectivity index (χ4v) is 2.11. The summed E-state index contributed by atoms with van der Waals surface area (Å²) in [6, 6.07) is 9.08. The van der Waals surface area contributed by atoms with Gasteiger partial charge in [0, 0.05) is 4.83 Å². The van der Waals surface area contributed by atoms with Crippen molar-refractivity contribution in [2.45, 2.75) is 58.2 Å². The topological polar surface area (TPSA) is 0 Å². The van der Waals surface area contributed by atoms with Crippen LogP contribution in [0.1, 0.15) is 63.9 Å². The Balaban J connectivity index is 2.97. The van der Waals surface area contributed by atoms with Crippen LogP contribution in [0.4, 0.5) is 0 Å². The second-order valence-corrected chi connectivity index (χ2v) is 7.50. The highest BCUT2D eigenvalue weighted by Gasteiger charge is 2.24. The van der Waals surface area contributed by atoms with Crippen molar-refractivity contribution in [1.29, 1.82) is 0 Å². The molecular weight excluding hydrogens is 272 g/mol. The van der Waals surface area contributed by atoms with Crippen LogP contribution in [0.3, 0.4) is 0 Å². The first kappa shape index (κ1) is 14.8. The third-order valence-electron chi connectivity index (χ3n) is 3.63. The Kier molecular flexibility index (Phi) is 4.46. The van der Waals surface area contributed by atoms with Crippen LogP contribution < -0.4 is 0 Å². The zero-order chi connectivity index (χ0) is 13.3. The van der Waals surface area contributed by atoms with E-state index >= 15 is 0 Å².